The van der Waals surface area contributed by atoms with Crippen LogP contribution in [-0.4, -0.2) is 79.3 Å². The molecular weight excluding hydrogens is 697 g/mol. The van der Waals surface area contributed by atoms with Gasteiger partial charge in [0.15, 0.2) is 12.3 Å². The van der Waals surface area contributed by atoms with E-state index in [0.717, 1.165) is 46.0 Å². The standard InChI is InChI=1S/C35H44N6O8S2/c1-34(2)26-22-24(38-32(42)36-5)14-16-28(26)40(18-20-50-49-48-44)30(34)12-10-8-7-9-11-13-31-35(3,4)27-23-25(39-33(43)37-6)15-17-29(27)41(31)19-21-51(45,46)47/h7-17,22-23H,18-21H2,1-6H3,(H5-,36,37,38,39,42,43,44,45,46,47)/p+1. The van der Waals surface area contributed by atoms with Crippen molar-refractivity contribution in [3.8, 4) is 0 Å². The lowest BCUT2D eigenvalue weighted by Gasteiger charge is -2.26. The van der Waals surface area contributed by atoms with Gasteiger partial charge in [0.2, 0.25) is 5.69 Å². The normalized spacial score (nSPS) is 17.1. The van der Waals surface area contributed by atoms with Crippen LogP contribution >= 0.6 is 12.0 Å². The number of carbonyl (C=O) groups is 2. The average Bonchev–Trinajstić information content (AvgIpc) is 3.42. The SMILES string of the molecule is CNC(=O)Nc1ccc2c(c1)C(C)(C)C(=CC=CC=CC=CC1=[N+](CCS(=O)(=O)O)c3ccc(NC(=O)NC)cc3C1(C)C)N2CCSOOO. The molecule has 0 atom stereocenters. The van der Waals surface area contributed by atoms with Crippen LogP contribution in [0.2, 0.25) is 0 Å². The molecule has 274 valence electrons. The largest absolute Gasteiger partial charge is 0.343 e. The number of allylic oxidation sites excluding steroid dienone is 8. The number of urea groups is 2. The molecule has 14 nitrogen and oxygen atoms in total. The molecule has 0 fully saturated rings. The van der Waals surface area contributed by atoms with Gasteiger partial charge in [-0.3, -0.25) is 4.55 Å². The molecule has 2 heterocycles. The number of fused-ring (bicyclic) bond motifs is 2. The number of amides is 4. The first kappa shape index (κ1) is 39.3. The Hall–Kier alpha value is -4.45. The smallest absolute Gasteiger partial charge is 0.318 e. The minimum atomic E-state index is -4.21. The Bertz CT molecular complexity index is 1900. The van der Waals surface area contributed by atoms with Crippen LogP contribution in [0.3, 0.4) is 0 Å². The average molecular weight is 742 g/mol. The number of nitrogens with zero attached hydrogens (tertiary/aromatic N) is 2. The van der Waals surface area contributed by atoms with Crippen molar-refractivity contribution in [3.05, 3.63) is 95.8 Å². The molecule has 2 aliphatic rings. The van der Waals surface area contributed by atoms with Crippen LogP contribution in [0.15, 0.2) is 84.6 Å². The van der Waals surface area contributed by atoms with Gasteiger partial charge >= 0.3 is 12.1 Å². The van der Waals surface area contributed by atoms with Gasteiger partial charge in [-0.1, -0.05) is 49.3 Å². The van der Waals surface area contributed by atoms with E-state index in [1.807, 2.05) is 91.3 Å². The van der Waals surface area contributed by atoms with Crippen LogP contribution in [-0.2, 0) is 30.3 Å². The molecule has 0 bridgehead atoms. The summed E-state index contributed by atoms with van der Waals surface area (Å²) in [6.07, 6.45) is 13.4. The van der Waals surface area contributed by atoms with E-state index in [1.54, 1.807) is 13.1 Å². The van der Waals surface area contributed by atoms with Gasteiger partial charge in [-0.2, -0.15) is 13.0 Å². The topological polar surface area (TPSA) is 182 Å². The molecule has 0 unspecified atom stereocenters. The molecule has 4 rings (SSSR count). The molecule has 0 aliphatic carbocycles. The molecule has 6 N–H and O–H groups in total. The Morgan fingerprint density at radius 1 is 0.902 bits per heavy atom. The summed E-state index contributed by atoms with van der Waals surface area (Å²) in [7, 11) is -1.12. The fraction of sp³-hybridized carbons (Fsp3) is 0.343. The van der Waals surface area contributed by atoms with Gasteiger partial charge in [-0.25, -0.2) is 14.8 Å². The molecule has 0 aromatic heterocycles. The van der Waals surface area contributed by atoms with Crippen molar-refractivity contribution in [2.24, 2.45) is 0 Å². The molecule has 0 saturated heterocycles. The van der Waals surface area contributed by atoms with Crippen molar-refractivity contribution in [1.82, 2.24) is 10.6 Å². The predicted octanol–water partition coefficient (Wildman–Crippen LogP) is 5.87. The van der Waals surface area contributed by atoms with E-state index in [2.05, 4.69) is 49.4 Å². The lowest BCUT2D eigenvalue weighted by atomic mass is 9.81. The molecule has 4 amide bonds. The fourth-order valence-corrected chi connectivity index (χ4v) is 7.03. The van der Waals surface area contributed by atoms with E-state index < -0.39 is 26.7 Å². The summed E-state index contributed by atoms with van der Waals surface area (Å²) in [4.78, 5) is 26.0. The first-order valence-electron chi connectivity index (χ1n) is 16.1. The van der Waals surface area contributed by atoms with Crippen molar-refractivity contribution in [2.45, 2.75) is 38.5 Å². The highest BCUT2D eigenvalue weighted by molar-refractivity contribution is 7.94. The third-order valence-electron chi connectivity index (χ3n) is 8.76. The first-order valence-corrected chi connectivity index (χ1v) is 18.6. The minimum absolute atomic E-state index is 0.0457. The summed E-state index contributed by atoms with van der Waals surface area (Å²) in [6, 6.07) is 10.6. The Morgan fingerprint density at radius 3 is 2.14 bits per heavy atom. The number of rotatable bonds is 14. The lowest BCUT2D eigenvalue weighted by molar-refractivity contribution is -0.432. The van der Waals surface area contributed by atoms with Crippen LogP contribution in [0.1, 0.15) is 38.8 Å². The lowest BCUT2D eigenvalue weighted by Crippen LogP contribution is -2.29. The maximum atomic E-state index is 12.0. The highest BCUT2D eigenvalue weighted by Gasteiger charge is 2.45. The second kappa shape index (κ2) is 16.7. The molecule has 2 aliphatic heterocycles. The Kier molecular flexibility index (Phi) is 12.9. The number of hydrogen-bond donors (Lipinski definition) is 6. The zero-order chi connectivity index (χ0) is 37.4. The van der Waals surface area contributed by atoms with Gasteiger partial charge in [-0.15, -0.1) is 4.33 Å². The molecule has 2 aromatic carbocycles. The Morgan fingerprint density at radius 2 is 1.51 bits per heavy atom. The van der Waals surface area contributed by atoms with Gasteiger partial charge in [0.25, 0.3) is 10.1 Å². The Balaban J connectivity index is 1.58. The van der Waals surface area contributed by atoms with E-state index in [4.69, 9.17) is 5.26 Å². The van der Waals surface area contributed by atoms with Gasteiger partial charge in [0, 0.05) is 84.3 Å². The quantitative estimate of drug-likeness (QED) is 0.0261. The molecule has 0 radical (unpaired) electrons. The van der Waals surface area contributed by atoms with E-state index in [0.29, 0.717) is 23.7 Å². The number of anilines is 3. The Labute approximate surface area is 302 Å². The van der Waals surface area contributed by atoms with Crippen molar-refractivity contribution in [2.75, 3.05) is 54.2 Å². The summed E-state index contributed by atoms with van der Waals surface area (Å²) in [6.45, 7) is 8.86. The van der Waals surface area contributed by atoms with Crippen LogP contribution in [0.25, 0.3) is 0 Å². The maximum absolute atomic E-state index is 12.0. The zero-order valence-electron chi connectivity index (χ0n) is 29.4. The van der Waals surface area contributed by atoms with Crippen molar-refractivity contribution < 1.29 is 41.8 Å². The number of carbonyl (C=O) groups excluding carboxylic acids is 2. The van der Waals surface area contributed by atoms with Crippen LogP contribution in [0.5, 0.6) is 0 Å². The van der Waals surface area contributed by atoms with Crippen molar-refractivity contribution in [3.63, 3.8) is 0 Å². The van der Waals surface area contributed by atoms with E-state index in [1.165, 1.54) is 7.05 Å². The highest BCUT2D eigenvalue weighted by Crippen LogP contribution is 2.48. The third-order valence-corrected chi connectivity index (χ3v) is 9.96. The van der Waals surface area contributed by atoms with Crippen molar-refractivity contribution in [1.29, 1.82) is 0 Å². The van der Waals surface area contributed by atoms with Crippen molar-refractivity contribution >= 4 is 62.7 Å². The monoisotopic (exact) mass is 741 g/mol. The minimum Gasteiger partial charge on any atom is -0.343 e. The number of nitrogens with one attached hydrogen (secondary N) is 4. The second-order valence-electron chi connectivity index (χ2n) is 12.7. The molecule has 2 aromatic rings. The van der Waals surface area contributed by atoms with Crippen LogP contribution < -0.4 is 26.2 Å². The van der Waals surface area contributed by atoms with Crippen LogP contribution in [0.4, 0.5) is 32.3 Å². The molecule has 51 heavy (non-hydrogen) atoms. The second-order valence-corrected chi connectivity index (χ2v) is 15.1. The summed E-state index contributed by atoms with van der Waals surface area (Å²) < 4.78 is 39.3. The summed E-state index contributed by atoms with van der Waals surface area (Å²) in [5, 5.41) is 23.0. The summed E-state index contributed by atoms with van der Waals surface area (Å²) in [5.74, 6) is 0.0433. The van der Waals surface area contributed by atoms with Crippen LogP contribution in [0, 0.1) is 0 Å². The number of hydrogen-bond acceptors (Lipinski definition) is 9. The molecule has 16 heteroatoms. The van der Waals surface area contributed by atoms with Gasteiger partial charge in [0.05, 0.1) is 5.41 Å². The predicted molar refractivity (Wildman–Crippen MR) is 201 cm³/mol. The summed E-state index contributed by atoms with van der Waals surface area (Å²) >= 11 is 0.973. The van der Waals surface area contributed by atoms with Gasteiger partial charge in [-0.05, 0) is 55.8 Å². The van der Waals surface area contributed by atoms with E-state index in [9.17, 15) is 22.6 Å². The zero-order valence-corrected chi connectivity index (χ0v) is 31.0. The maximum Gasteiger partial charge on any atom is 0.318 e. The molecular formula is C35H45N6O8S2+. The number of benzene rings is 2. The summed E-state index contributed by atoms with van der Waals surface area (Å²) in [5.41, 5.74) is 5.85. The van der Waals surface area contributed by atoms with Gasteiger partial charge < -0.3 is 26.2 Å². The first-order chi connectivity index (χ1) is 24.1. The highest BCUT2D eigenvalue weighted by atomic mass is 32.2. The van der Waals surface area contributed by atoms with E-state index in [-0.39, 0.29) is 18.6 Å². The fourth-order valence-electron chi connectivity index (χ4n) is 6.25. The van der Waals surface area contributed by atoms with Gasteiger partial charge in [0.1, 0.15) is 5.75 Å². The molecule has 0 saturated carbocycles. The van der Waals surface area contributed by atoms with E-state index >= 15 is 0 Å². The third kappa shape index (κ3) is 9.46. The molecule has 0 spiro atoms.